The Bertz CT molecular complexity index is 981. The smallest absolute Gasteiger partial charge is 0.419 e. The first kappa shape index (κ1) is 24.2. The standard InChI is InChI=1S/C26H33NO8/c1-25(2)17-9-10-26(25)19(13-17)33-11-12-34-22(28)18(15-32-14-16-7-5-4-6-8-16)20-21(31-3)27(23(26)29)24(30)35-20/h4-8,17-21H,9-15H2,1-3H3/t17-,18+,19+,20+,21+,26+/m0/s1. The Labute approximate surface area is 205 Å². The first-order chi connectivity index (χ1) is 16.8. The third kappa shape index (κ3) is 3.75. The summed E-state index contributed by atoms with van der Waals surface area (Å²) in [4.78, 5) is 41.4. The number of carbonyl (C=O) groups excluding carboxylic acids is 3. The molecule has 0 unspecified atom stereocenters. The second kappa shape index (κ2) is 9.19. The lowest BCUT2D eigenvalue weighted by Gasteiger charge is -2.43. The van der Waals surface area contributed by atoms with Crippen LogP contribution in [0.15, 0.2) is 30.3 Å². The number of hydrogen-bond acceptors (Lipinski definition) is 8. The second-order valence-electron chi connectivity index (χ2n) is 10.4. The Morgan fingerprint density at radius 1 is 1.11 bits per heavy atom. The summed E-state index contributed by atoms with van der Waals surface area (Å²) in [6.07, 6.45) is -1.04. The Balaban J connectivity index is 1.44. The number of fused-ring (bicyclic) bond motifs is 3. The third-order valence-corrected chi connectivity index (χ3v) is 8.67. The van der Waals surface area contributed by atoms with Crippen molar-refractivity contribution < 1.29 is 38.1 Å². The first-order valence-corrected chi connectivity index (χ1v) is 12.3. The summed E-state index contributed by atoms with van der Waals surface area (Å²) in [7, 11) is 1.40. The summed E-state index contributed by atoms with van der Waals surface area (Å²) >= 11 is 0. The highest BCUT2D eigenvalue weighted by atomic mass is 16.6. The van der Waals surface area contributed by atoms with E-state index in [4.69, 9.17) is 23.7 Å². The lowest BCUT2D eigenvalue weighted by molar-refractivity contribution is -0.176. The van der Waals surface area contributed by atoms with Crippen molar-refractivity contribution in [1.82, 2.24) is 4.90 Å². The zero-order chi connectivity index (χ0) is 24.8. The minimum Gasteiger partial charge on any atom is -0.463 e. The van der Waals surface area contributed by atoms with Crippen LogP contribution < -0.4 is 0 Å². The van der Waals surface area contributed by atoms with Gasteiger partial charge in [0.2, 0.25) is 5.91 Å². The van der Waals surface area contributed by atoms with Gasteiger partial charge in [-0.05, 0) is 36.2 Å². The second-order valence-corrected chi connectivity index (χ2v) is 10.4. The van der Waals surface area contributed by atoms with Gasteiger partial charge in [0.25, 0.3) is 0 Å². The van der Waals surface area contributed by atoms with Crippen LogP contribution in [0.3, 0.4) is 0 Å². The van der Waals surface area contributed by atoms with Crippen molar-refractivity contribution >= 4 is 18.0 Å². The van der Waals surface area contributed by atoms with Crippen molar-refractivity contribution in [3.63, 3.8) is 0 Å². The van der Waals surface area contributed by atoms with E-state index < -0.39 is 35.7 Å². The number of imide groups is 1. The Morgan fingerprint density at radius 3 is 2.60 bits per heavy atom. The maximum atomic E-state index is 14.2. The fourth-order valence-electron chi connectivity index (χ4n) is 6.66. The van der Waals surface area contributed by atoms with E-state index in [9.17, 15) is 14.4 Å². The number of nitrogens with zero attached hydrogens (tertiary/aromatic N) is 1. The van der Waals surface area contributed by atoms with Crippen molar-refractivity contribution in [3.05, 3.63) is 35.9 Å². The monoisotopic (exact) mass is 487 g/mol. The van der Waals surface area contributed by atoms with Crippen molar-refractivity contribution in [2.45, 2.75) is 58.2 Å². The van der Waals surface area contributed by atoms with E-state index >= 15 is 0 Å². The lowest BCUT2D eigenvalue weighted by Crippen LogP contribution is -2.57. The highest BCUT2D eigenvalue weighted by Crippen LogP contribution is 2.67. The third-order valence-electron chi connectivity index (χ3n) is 8.67. The van der Waals surface area contributed by atoms with E-state index in [1.807, 2.05) is 30.3 Å². The number of benzene rings is 1. The molecule has 9 nitrogen and oxygen atoms in total. The molecular weight excluding hydrogens is 454 g/mol. The van der Waals surface area contributed by atoms with Crippen LogP contribution in [0.5, 0.6) is 0 Å². The van der Waals surface area contributed by atoms with E-state index in [0.717, 1.165) is 23.3 Å². The maximum Gasteiger partial charge on any atom is 0.419 e. The van der Waals surface area contributed by atoms with E-state index in [1.165, 1.54) is 7.11 Å². The average Bonchev–Trinajstić information content (AvgIpc) is 3.39. The van der Waals surface area contributed by atoms with Gasteiger partial charge < -0.3 is 23.7 Å². The van der Waals surface area contributed by atoms with Crippen LogP contribution in [0.25, 0.3) is 0 Å². The van der Waals surface area contributed by atoms with E-state index in [0.29, 0.717) is 12.3 Å². The molecule has 2 heterocycles. The molecule has 5 rings (SSSR count). The molecule has 2 saturated carbocycles. The summed E-state index contributed by atoms with van der Waals surface area (Å²) < 4.78 is 28.8. The number of rotatable bonds is 5. The maximum absolute atomic E-state index is 14.2. The van der Waals surface area contributed by atoms with Crippen molar-refractivity contribution in [2.75, 3.05) is 26.9 Å². The largest absolute Gasteiger partial charge is 0.463 e. The fraction of sp³-hybridized carbons (Fsp3) is 0.654. The molecule has 6 atom stereocenters. The van der Waals surface area contributed by atoms with Gasteiger partial charge in [-0.2, -0.15) is 0 Å². The van der Waals surface area contributed by atoms with E-state index in [2.05, 4.69) is 13.8 Å². The van der Waals surface area contributed by atoms with Crippen LogP contribution in [0.2, 0.25) is 0 Å². The number of ether oxygens (including phenoxy) is 5. The summed E-state index contributed by atoms with van der Waals surface area (Å²) in [6, 6.07) is 9.54. The molecule has 0 radical (unpaired) electrons. The van der Waals surface area contributed by atoms with Crippen LogP contribution >= 0.6 is 0 Å². The minimum atomic E-state index is -1.07. The molecule has 2 aliphatic carbocycles. The van der Waals surface area contributed by atoms with Crippen LogP contribution in [-0.4, -0.2) is 68.2 Å². The molecule has 1 spiro atoms. The normalized spacial score (nSPS) is 36.3. The highest BCUT2D eigenvalue weighted by molar-refractivity contribution is 5.98. The van der Waals surface area contributed by atoms with E-state index in [1.54, 1.807) is 0 Å². The van der Waals surface area contributed by atoms with Gasteiger partial charge in [-0.1, -0.05) is 44.2 Å². The van der Waals surface area contributed by atoms with Gasteiger partial charge in [0.15, 0.2) is 12.3 Å². The van der Waals surface area contributed by atoms with Crippen molar-refractivity contribution in [2.24, 2.45) is 22.7 Å². The van der Waals surface area contributed by atoms with Crippen LogP contribution in [0.1, 0.15) is 38.7 Å². The van der Waals surface area contributed by atoms with Gasteiger partial charge >= 0.3 is 12.1 Å². The Kier molecular flexibility index (Phi) is 6.35. The Morgan fingerprint density at radius 2 is 1.89 bits per heavy atom. The topological polar surface area (TPSA) is 101 Å². The van der Waals surface area contributed by atoms with Crippen LogP contribution in [0.4, 0.5) is 4.79 Å². The molecule has 4 fully saturated rings. The number of esters is 1. The summed E-state index contributed by atoms with van der Waals surface area (Å²) in [6.45, 7) is 4.60. The Hall–Kier alpha value is -2.49. The molecule has 1 aromatic carbocycles. The number of carbonyl (C=O) groups is 3. The SMILES string of the molecule is CO[C@@H]1[C@@H]2OC(=O)N1C(=O)[C@@]13CC[C@@H](C[C@H]1OCCOC(=O)[C@@H]2COCc1ccccc1)C3(C)C. The zero-order valence-electron chi connectivity index (χ0n) is 20.4. The molecule has 0 N–H and O–H groups in total. The predicted octanol–water partition coefficient (Wildman–Crippen LogP) is 2.91. The summed E-state index contributed by atoms with van der Waals surface area (Å²) in [5.74, 6) is -1.59. The molecule has 0 aromatic heterocycles. The van der Waals surface area contributed by atoms with Gasteiger partial charge in [-0.25, -0.2) is 9.69 Å². The van der Waals surface area contributed by atoms with Gasteiger partial charge in [-0.15, -0.1) is 0 Å². The van der Waals surface area contributed by atoms with Gasteiger partial charge in [0.05, 0.1) is 31.3 Å². The molecule has 2 amide bonds. The molecule has 1 aromatic rings. The number of methoxy groups -OCH3 is 1. The van der Waals surface area contributed by atoms with Gasteiger partial charge in [-0.3, -0.25) is 9.59 Å². The van der Waals surface area contributed by atoms with Crippen molar-refractivity contribution in [3.8, 4) is 0 Å². The molecule has 9 heteroatoms. The summed E-state index contributed by atoms with van der Waals surface area (Å²) in [5, 5.41) is 0. The molecule has 2 saturated heterocycles. The zero-order valence-corrected chi connectivity index (χ0v) is 20.4. The first-order valence-electron chi connectivity index (χ1n) is 12.3. The van der Waals surface area contributed by atoms with Gasteiger partial charge in [0, 0.05) is 7.11 Å². The molecule has 190 valence electrons. The predicted molar refractivity (Wildman–Crippen MR) is 122 cm³/mol. The lowest BCUT2D eigenvalue weighted by atomic mass is 9.67. The van der Waals surface area contributed by atoms with Crippen LogP contribution in [-0.2, 0) is 39.9 Å². The fourth-order valence-corrected chi connectivity index (χ4v) is 6.66. The number of amides is 2. The molecule has 4 bridgehead atoms. The van der Waals surface area contributed by atoms with E-state index in [-0.39, 0.29) is 43.9 Å². The molecular formula is C26H33NO8. The van der Waals surface area contributed by atoms with Crippen molar-refractivity contribution in [1.29, 1.82) is 0 Å². The van der Waals surface area contributed by atoms with Gasteiger partial charge in [0.1, 0.15) is 12.5 Å². The quantitative estimate of drug-likeness (QED) is 0.585. The van der Waals surface area contributed by atoms with Crippen LogP contribution in [0, 0.1) is 22.7 Å². The summed E-state index contributed by atoms with van der Waals surface area (Å²) in [5.41, 5.74) is -0.287. The number of cyclic esters (lactones) is 1. The average molecular weight is 488 g/mol. The molecule has 2 aliphatic heterocycles. The molecule has 35 heavy (non-hydrogen) atoms. The molecule has 4 aliphatic rings. The minimum absolute atomic E-state index is 0.0436. The number of hydrogen-bond donors (Lipinski definition) is 0. The highest BCUT2D eigenvalue weighted by Gasteiger charge is 2.71.